The second-order valence-electron chi connectivity index (χ2n) is 12.0. The fourth-order valence-electron chi connectivity index (χ4n) is 6.88. The molecule has 8 aromatic rings. The van der Waals surface area contributed by atoms with Gasteiger partial charge in [-0.05, 0) is 120 Å². The summed E-state index contributed by atoms with van der Waals surface area (Å²) >= 11 is 0. The van der Waals surface area contributed by atoms with Crippen molar-refractivity contribution < 1.29 is 0 Å². The van der Waals surface area contributed by atoms with Crippen LogP contribution in [-0.4, -0.2) is 9.97 Å². The second kappa shape index (κ2) is 11.6. The molecule has 0 fully saturated rings. The molecule has 0 atom stereocenters. The van der Waals surface area contributed by atoms with Crippen LogP contribution >= 0.6 is 0 Å². The zero-order valence-corrected chi connectivity index (χ0v) is 25.9. The van der Waals surface area contributed by atoms with E-state index >= 15 is 0 Å². The van der Waals surface area contributed by atoms with Gasteiger partial charge in [0, 0.05) is 24.8 Å². The maximum absolute atomic E-state index is 4.36. The molecule has 0 aliphatic heterocycles. The van der Waals surface area contributed by atoms with Crippen LogP contribution in [-0.2, 0) is 0 Å². The summed E-state index contributed by atoms with van der Waals surface area (Å²) in [7, 11) is 0. The lowest BCUT2D eigenvalue weighted by Crippen LogP contribution is -1.95. The van der Waals surface area contributed by atoms with Crippen molar-refractivity contribution in [3.63, 3.8) is 0 Å². The number of benzene rings is 6. The number of hydrogen-bond donors (Lipinski definition) is 0. The summed E-state index contributed by atoms with van der Waals surface area (Å²) < 4.78 is 0. The first-order valence-corrected chi connectivity index (χ1v) is 15.7. The molecule has 46 heavy (non-hydrogen) atoms. The van der Waals surface area contributed by atoms with E-state index in [4.69, 9.17) is 0 Å². The quantitative estimate of drug-likeness (QED) is 0.187. The Hall–Kier alpha value is -5.86. The summed E-state index contributed by atoms with van der Waals surface area (Å²) in [4.78, 5) is 8.71. The molecule has 218 valence electrons. The molecule has 2 heteroatoms. The van der Waals surface area contributed by atoms with E-state index < -0.39 is 0 Å². The third-order valence-corrected chi connectivity index (χ3v) is 9.11. The highest BCUT2D eigenvalue weighted by Crippen LogP contribution is 2.46. The first-order chi connectivity index (χ1) is 22.7. The van der Waals surface area contributed by atoms with Crippen molar-refractivity contribution in [3.05, 3.63) is 169 Å². The average Bonchev–Trinajstić information content (AvgIpc) is 3.12. The lowest BCUT2D eigenvalue weighted by atomic mass is 9.82. The Morgan fingerprint density at radius 1 is 0.348 bits per heavy atom. The molecule has 0 radical (unpaired) electrons. The van der Waals surface area contributed by atoms with Gasteiger partial charge in [-0.2, -0.15) is 0 Å². The van der Waals surface area contributed by atoms with Crippen molar-refractivity contribution in [3.8, 4) is 55.6 Å². The Bertz CT molecular complexity index is 2360. The summed E-state index contributed by atoms with van der Waals surface area (Å²) in [6, 6.07) is 48.4. The minimum absolute atomic E-state index is 1.12. The average molecular weight is 589 g/mol. The molecule has 0 saturated carbocycles. The number of pyridine rings is 2. The Morgan fingerprint density at radius 2 is 0.804 bits per heavy atom. The van der Waals surface area contributed by atoms with Gasteiger partial charge in [0.2, 0.25) is 0 Å². The lowest BCUT2D eigenvalue weighted by molar-refractivity contribution is 1.33. The molecular formula is C44H32N2. The number of aromatic nitrogens is 2. The Morgan fingerprint density at radius 3 is 1.33 bits per heavy atom. The predicted octanol–water partition coefficient (Wildman–Crippen LogP) is 11.7. The monoisotopic (exact) mass is 588 g/mol. The molecule has 0 aliphatic rings. The number of hydrogen-bond acceptors (Lipinski definition) is 2. The highest BCUT2D eigenvalue weighted by Gasteiger charge is 2.20. The topological polar surface area (TPSA) is 25.8 Å². The molecule has 0 amide bonds. The molecule has 0 spiro atoms. The molecule has 2 nitrogen and oxygen atoms in total. The van der Waals surface area contributed by atoms with Crippen LogP contribution < -0.4 is 0 Å². The second-order valence-corrected chi connectivity index (χ2v) is 12.0. The lowest BCUT2D eigenvalue weighted by Gasteiger charge is -2.21. The molecule has 6 aromatic carbocycles. The van der Waals surface area contributed by atoms with E-state index in [2.05, 4.69) is 145 Å². The minimum Gasteiger partial charge on any atom is -0.264 e. The zero-order chi connectivity index (χ0) is 31.0. The van der Waals surface area contributed by atoms with Crippen molar-refractivity contribution in [1.82, 2.24) is 9.97 Å². The van der Waals surface area contributed by atoms with Crippen molar-refractivity contribution in [2.45, 2.75) is 13.8 Å². The highest BCUT2D eigenvalue weighted by molar-refractivity contribution is 6.22. The van der Waals surface area contributed by atoms with Crippen LogP contribution in [0.3, 0.4) is 0 Å². The molecule has 0 unspecified atom stereocenters. The third kappa shape index (κ3) is 4.85. The first kappa shape index (κ1) is 27.7. The number of fused-ring (bicyclic) bond motifs is 2. The summed E-state index contributed by atoms with van der Waals surface area (Å²) in [5.74, 6) is 0. The number of nitrogens with zero attached hydrogens (tertiary/aromatic N) is 2. The molecule has 0 bridgehead atoms. The molecular weight excluding hydrogens is 556 g/mol. The molecule has 2 aromatic heterocycles. The van der Waals surface area contributed by atoms with Gasteiger partial charge in [-0.15, -0.1) is 0 Å². The fraction of sp³-hybridized carbons (Fsp3) is 0.0455. The smallest absolute Gasteiger partial charge is 0.0346 e. The van der Waals surface area contributed by atoms with E-state index in [1.807, 2.05) is 36.9 Å². The van der Waals surface area contributed by atoms with E-state index in [0.717, 1.165) is 11.1 Å². The van der Waals surface area contributed by atoms with E-state index in [1.165, 1.54) is 77.2 Å². The van der Waals surface area contributed by atoms with Crippen LogP contribution in [0.4, 0.5) is 0 Å². The van der Waals surface area contributed by atoms with E-state index in [1.54, 1.807) is 0 Å². The van der Waals surface area contributed by atoms with E-state index in [-0.39, 0.29) is 0 Å². The van der Waals surface area contributed by atoms with Crippen molar-refractivity contribution in [2.75, 3.05) is 0 Å². The van der Waals surface area contributed by atoms with Crippen LogP contribution in [0.5, 0.6) is 0 Å². The maximum Gasteiger partial charge on any atom is 0.0346 e. The van der Waals surface area contributed by atoms with Gasteiger partial charge >= 0.3 is 0 Å². The van der Waals surface area contributed by atoms with Crippen LogP contribution in [0.25, 0.3) is 77.2 Å². The molecule has 2 heterocycles. The van der Waals surface area contributed by atoms with Crippen molar-refractivity contribution in [1.29, 1.82) is 0 Å². The standard InChI is InChI=1S/C44H32N2/c1-29-24-32(35-12-8-22-45-27-35)16-19-37(29)43-39-14-6-7-15-40(39)44(38-20-17-33(25-30(38)2)36-13-9-23-46-28-36)42-26-34(18-21-41(42)43)31-10-4-3-5-11-31/h3-28H,1-2H3. The highest BCUT2D eigenvalue weighted by atomic mass is 14.6. The van der Waals surface area contributed by atoms with Crippen molar-refractivity contribution >= 4 is 21.5 Å². The predicted molar refractivity (Wildman–Crippen MR) is 194 cm³/mol. The largest absolute Gasteiger partial charge is 0.264 e. The molecule has 8 rings (SSSR count). The van der Waals surface area contributed by atoms with Gasteiger partial charge in [0.05, 0.1) is 0 Å². The van der Waals surface area contributed by atoms with Gasteiger partial charge in [0.15, 0.2) is 0 Å². The van der Waals surface area contributed by atoms with Gasteiger partial charge in [0.25, 0.3) is 0 Å². The third-order valence-electron chi connectivity index (χ3n) is 9.11. The summed E-state index contributed by atoms with van der Waals surface area (Å²) in [5, 5.41) is 5.01. The molecule has 0 aliphatic carbocycles. The van der Waals surface area contributed by atoms with Crippen LogP contribution in [0.1, 0.15) is 11.1 Å². The first-order valence-electron chi connectivity index (χ1n) is 15.7. The normalized spacial score (nSPS) is 11.3. The van der Waals surface area contributed by atoms with E-state index in [0.29, 0.717) is 0 Å². The van der Waals surface area contributed by atoms with E-state index in [9.17, 15) is 0 Å². The molecule has 0 saturated heterocycles. The van der Waals surface area contributed by atoms with Crippen LogP contribution in [0.15, 0.2) is 158 Å². The number of aryl methyl sites for hydroxylation is 2. The van der Waals surface area contributed by atoms with Gasteiger partial charge in [-0.25, -0.2) is 0 Å². The Balaban J connectivity index is 1.42. The SMILES string of the molecule is Cc1cc(-c2cccnc2)ccc1-c1c2ccccc2c(-c2ccc(-c3cccnc3)cc2C)c2cc(-c3ccccc3)ccc12. The Labute approximate surface area is 269 Å². The number of rotatable bonds is 5. The summed E-state index contributed by atoms with van der Waals surface area (Å²) in [6.45, 7) is 4.45. The van der Waals surface area contributed by atoms with Gasteiger partial charge in [-0.1, -0.05) is 115 Å². The zero-order valence-electron chi connectivity index (χ0n) is 25.9. The minimum atomic E-state index is 1.12. The van der Waals surface area contributed by atoms with Gasteiger partial charge in [-0.3, -0.25) is 9.97 Å². The van der Waals surface area contributed by atoms with Gasteiger partial charge < -0.3 is 0 Å². The molecule has 0 N–H and O–H groups in total. The van der Waals surface area contributed by atoms with Crippen LogP contribution in [0.2, 0.25) is 0 Å². The van der Waals surface area contributed by atoms with Gasteiger partial charge in [0.1, 0.15) is 0 Å². The summed E-state index contributed by atoms with van der Waals surface area (Å²) in [5.41, 5.74) is 14.5. The fourth-order valence-corrected chi connectivity index (χ4v) is 6.88. The van der Waals surface area contributed by atoms with Crippen molar-refractivity contribution in [2.24, 2.45) is 0 Å². The maximum atomic E-state index is 4.36. The summed E-state index contributed by atoms with van der Waals surface area (Å²) in [6.07, 6.45) is 7.51. The Kier molecular flexibility index (Phi) is 6.96. The van der Waals surface area contributed by atoms with Crippen LogP contribution in [0, 0.1) is 13.8 Å².